The van der Waals surface area contributed by atoms with Gasteiger partial charge in [0.15, 0.2) is 0 Å². The van der Waals surface area contributed by atoms with Crippen LogP contribution in [0.25, 0.3) is 0 Å². The Morgan fingerprint density at radius 2 is 1.82 bits per heavy atom. The standard InChI is InChI=1S/C13H19Cl2NO/c1-13(2,3)12(17-4)11(16)9-7-8(14)5-6-10(9)15/h5-7,11-12H,16H2,1-4H3. The van der Waals surface area contributed by atoms with Gasteiger partial charge in [0.25, 0.3) is 0 Å². The lowest BCUT2D eigenvalue weighted by Crippen LogP contribution is -2.38. The van der Waals surface area contributed by atoms with Crippen LogP contribution in [0.4, 0.5) is 0 Å². The topological polar surface area (TPSA) is 35.2 Å². The van der Waals surface area contributed by atoms with E-state index in [-0.39, 0.29) is 17.6 Å². The second-order valence-electron chi connectivity index (χ2n) is 5.21. The first-order chi connectivity index (χ1) is 7.77. The Hall–Kier alpha value is -0.280. The van der Waals surface area contributed by atoms with Gasteiger partial charge in [0.2, 0.25) is 0 Å². The van der Waals surface area contributed by atoms with E-state index < -0.39 is 0 Å². The number of methoxy groups -OCH3 is 1. The van der Waals surface area contributed by atoms with E-state index in [1.54, 1.807) is 25.3 Å². The summed E-state index contributed by atoms with van der Waals surface area (Å²) < 4.78 is 5.50. The monoisotopic (exact) mass is 275 g/mol. The Bertz CT molecular complexity index is 387. The Kier molecular flexibility index (Phi) is 4.85. The molecule has 0 aliphatic heterocycles. The van der Waals surface area contributed by atoms with Crippen molar-refractivity contribution in [2.24, 2.45) is 11.1 Å². The second kappa shape index (κ2) is 5.57. The molecule has 96 valence electrons. The van der Waals surface area contributed by atoms with E-state index in [0.717, 1.165) is 5.56 Å². The maximum atomic E-state index is 6.24. The molecule has 4 heteroatoms. The number of benzene rings is 1. The van der Waals surface area contributed by atoms with Gasteiger partial charge in [0, 0.05) is 17.2 Å². The Morgan fingerprint density at radius 3 is 2.29 bits per heavy atom. The van der Waals surface area contributed by atoms with E-state index in [0.29, 0.717) is 10.0 Å². The molecular weight excluding hydrogens is 257 g/mol. The highest BCUT2D eigenvalue weighted by Crippen LogP contribution is 2.34. The molecule has 2 atom stereocenters. The molecular formula is C13H19Cl2NO. The van der Waals surface area contributed by atoms with Crippen LogP contribution in [0, 0.1) is 5.41 Å². The van der Waals surface area contributed by atoms with E-state index in [4.69, 9.17) is 33.7 Å². The van der Waals surface area contributed by atoms with Gasteiger partial charge in [-0.3, -0.25) is 0 Å². The van der Waals surface area contributed by atoms with Crippen LogP contribution in [0.15, 0.2) is 18.2 Å². The van der Waals surface area contributed by atoms with Crippen LogP contribution in [-0.2, 0) is 4.74 Å². The normalized spacial score (nSPS) is 15.7. The first-order valence-electron chi connectivity index (χ1n) is 5.50. The Balaban J connectivity index is 3.10. The van der Waals surface area contributed by atoms with Gasteiger partial charge in [-0.1, -0.05) is 44.0 Å². The third-order valence-electron chi connectivity index (χ3n) is 2.75. The van der Waals surface area contributed by atoms with Crippen molar-refractivity contribution >= 4 is 23.2 Å². The van der Waals surface area contributed by atoms with Gasteiger partial charge >= 0.3 is 0 Å². The van der Waals surface area contributed by atoms with E-state index >= 15 is 0 Å². The molecule has 0 radical (unpaired) electrons. The average Bonchev–Trinajstić information content (AvgIpc) is 2.20. The van der Waals surface area contributed by atoms with Crippen molar-refractivity contribution in [2.75, 3.05) is 7.11 Å². The molecule has 0 bridgehead atoms. The van der Waals surface area contributed by atoms with Crippen molar-refractivity contribution in [2.45, 2.75) is 32.9 Å². The summed E-state index contributed by atoms with van der Waals surface area (Å²) in [5, 5.41) is 1.25. The Labute approximate surface area is 113 Å². The van der Waals surface area contributed by atoms with Crippen molar-refractivity contribution < 1.29 is 4.74 Å². The zero-order valence-electron chi connectivity index (χ0n) is 10.6. The van der Waals surface area contributed by atoms with Gasteiger partial charge < -0.3 is 10.5 Å². The molecule has 0 aliphatic rings. The summed E-state index contributed by atoms with van der Waals surface area (Å²) in [5.41, 5.74) is 6.99. The van der Waals surface area contributed by atoms with Gasteiger partial charge in [-0.05, 0) is 29.2 Å². The minimum Gasteiger partial charge on any atom is -0.379 e. The van der Waals surface area contributed by atoms with Crippen LogP contribution < -0.4 is 5.73 Å². The molecule has 0 heterocycles. The molecule has 0 aromatic heterocycles. The summed E-state index contributed by atoms with van der Waals surface area (Å²) in [4.78, 5) is 0. The quantitative estimate of drug-likeness (QED) is 0.903. The van der Waals surface area contributed by atoms with Gasteiger partial charge in [0.05, 0.1) is 12.1 Å². The van der Waals surface area contributed by atoms with Crippen LogP contribution in [0.5, 0.6) is 0 Å². The SMILES string of the molecule is COC(C(N)c1cc(Cl)ccc1Cl)C(C)(C)C. The number of hydrogen-bond acceptors (Lipinski definition) is 2. The number of ether oxygens (including phenoxy) is 1. The van der Waals surface area contributed by atoms with Crippen molar-refractivity contribution in [1.82, 2.24) is 0 Å². The van der Waals surface area contributed by atoms with Crippen LogP contribution in [0.2, 0.25) is 10.0 Å². The van der Waals surface area contributed by atoms with E-state index in [2.05, 4.69) is 20.8 Å². The molecule has 0 saturated carbocycles. The third kappa shape index (κ3) is 3.59. The maximum Gasteiger partial charge on any atom is 0.0812 e. The van der Waals surface area contributed by atoms with Gasteiger partial charge in [-0.25, -0.2) is 0 Å². The highest BCUT2D eigenvalue weighted by molar-refractivity contribution is 6.33. The van der Waals surface area contributed by atoms with Crippen LogP contribution >= 0.6 is 23.2 Å². The summed E-state index contributed by atoms with van der Waals surface area (Å²) >= 11 is 12.1. The largest absolute Gasteiger partial charge is 0.379 e. The van der Waals surface area contributed by atoms with E-state index in [9.17, 15) is 0 Å². The summed E-state index contributed by atoms with van der Waals surface area (Å²) in [6, 6.07) is 5.01. The molecule has 2 unspecified atom stereocenters. The molecule has 1 rings (SSSR count). The minimum absolute atomic E-state index is 0.0696. The first kappa shape index (κ1) is 14.8. The molecule has 0 amide bonds. The van der Waals surface area contributed by atoms with Crippen molar-refractivity contribution in [3.63, 3.8) is 0 Å². The molecule has 0 aliphatic carbocycles. The lowest BCUT2D eigenvalue weighted by atomic mass is 9.82. The fourth-order valence-corrected chi connectivity index (χ4v) is 2.40. The van der Waals surface area contributed by atoms with Crippen molar-refractivity contribution in [1.29, 1.82) is 0 Å². The third-order valence-corrected chi connectivity index (χ3v) is 3.33. The predicted molar refractivity (Wildman–Crippen MR) is 73.6 cm³/mol. The van der Waals surface area contributed by atoms with Crippen LogP contribution in [0.3, 0.4) is 0 Å². The van der Waals surface area contributed by atoms with Crippen LogP contribution in [0.1, 0.15) is 32.4 Å². The van der Waals surface area contributed by atoms with Gasteiger partial charge in [-0.15, -0.1) is 0 Å². The molecule has 2 N–H and O–H groups in total. The number of rotatable bonds is 3. The summed E-state index contributed by atoms with van der Waals surface area (Å²) in [5.74, 6) is 0. The average molecular weight is 276 g/mol. The maximum absolute atomic E-state index is 6.24. The van der Waals surface area contributed by atoms with E-state index in [1.807, 2.05) is 0 Å². The molecule has 2 nitrogen and oxygen atoms in total. The summed E-state index contributed by atoms with van der Waals surface area (Å²) in [7, 11) is 1.66. The summed E-state index contributed by atoms with van der Waals surface area (Å²) in [6.07, 6.45) is -0.126. The van der Waals surface area contributed by atoms with Gasteiger partial charge in [0.1, 0.15) is 0 Å². The zero-order valence-corrected chi connectivity index (χ0v) is 12.1. The highest BCUT2D eigenvalue weighted by Gasteiger charge is 2.32. The molecule has 1 aromatic rings. The predicted octanol–water partition coefficient (Wildman–Crippen LogP) is 4.05. The Morgan fingerprint density at radius 1 is 1.24 bits per heavy atom. The zero-order chi connectivity index (χ0) is 13.2. The highest BCUT2D eigenvalue weighted by atomic mass is 35.5. The van der Waals surface area contributed by atoms with Gasteiger partial charge in [-0.2, -0.15) is 0 Å². The summed E-state index contributed by atoms with van der Waals surface area (Å²) in [6.45, 7) is 6.25. The minimum atomic E-state index is -0.300. The molecule has 0 saturated heterocycles. The molecule has 17 heavy (non-hydrogen) atoms. The smallest absolute Gasteiger partial charge is 0.0812 e. The number of hydrogen-bond donors (Lipinski definition) is 1. The van der Waals surface area contributed by atoms with Crippen LogP contribution in [-0.4, -0.2) is 13.2 Å². The fourth-order valence-electron chi connectivity index (χ4n) is 1.97. The lowest BCUT2D eigenvalue weighted by Gasteiger charge is -2.34. The van der Waals surface area contributed by atoms with Crippen molar-refractivity contribution in [3.05, 3.63) is 33.8 Å². The van der Waals surface area contributed by atoms with E-state index in [1.165, 1.54) is 0 Å². The lowest BCUT2D eigenvalue weighted by molar-refractivity contribution is -0.00241. The molecule has 0 fully saturated rings. The first-order valence-corrected chi connectivity index (χ1v) is 6.26. The van der Waals surface area contributed by atoms with Crippen molar-refractivity contribution in [3.8, 4) is 0 Å². The number of nitrogens with two attached hydrogens (primary N) is 1. The fraction of sp³-hybridized carbons (Fsp3) is 0.538. The second-order valence-corrected chi connectivity index (χ2v) is 6.06. The number of halogens is 2. The molecule has 1 aromatic carbocycles. The molecule has 0 spiro atoms.